The lowest BCUT2D eigenvalue weighted by Crippen LogP contribution is -2.35. The summed E-state index contributed by atoms with van der Waals surface area (Å²) in [6.07, 6.45) is 1.12. The van der Waals surface area contributed by atoms with Crippen LogP contribution in [-0.4, -0.2) is 49.4 Å². The van der Waals surface area contributed by atoms with Crippen LogP contribution in [0.25, 0.3) is 0 Å². The molecule has 0 radical (unpaired) electrons. The Balaban J connectivity index is 1.71. The van der Waals surface area contributed by atoms with Gasteiger partial charge < -0.3 is 5.11 Å². The molecule has 0 bridgehead atoms. The van der Waals surface area contributed by atoms with E-state index in [1.54, 1.807) is 0 Å². The van der Waals surface area contributed by atoms with Crippen molar-refractivity contribution in [1.29, 1.82) is 0 Å². The van der Waals surface area contributed by atoms with Gasteiger partial charge in [-0.3, -0.25) is 4.90 Å². The Labute approximate surface area is 124 Å². The maximum Gasteiger partial charge on any atom is 0.165 e. The molecule has 112 valence electrons. The second-order valence-corrected chi connectivity index (χ2v) is 5.72. The number of hydrogen-bond acceptors (Lipinski definition) is 5. The summed E-state index contributed by atoms with van der Waals surface area (Å²) in [4.78, 5) is 2.28. The number of tetrazole rings is 1. The molecule has 1 aromatic heterocycles. The normalized spacial score (nSPS) is 22.8. The molecule has 0 spiro atoms. The summed E-state index contributed by atoms with van der Waals surface area (Å²) in [5.74, 6) is 1.37. The fraction of sp³-hybridized carbons (Fsp3) is 0.533. The van der Waals surface area contributed by atoms with Gasteiger partial charge in [0.15, 0.2) is 5.82 Å². The molecule has 2 heterocycles. The first-order valence-electron chi connectivity index (χ1n) is 7.42. The van der Waals surface area contributed by atoms with Gasteiger partial charge in [-0.05, 0) is 34.9 Å². The molecular weight excluding hydrogens is 266 g/mol. The number of hydrogen-bond donors (Lipinski definition) is 1. The van der Waals surface area contributed by atoms with Crippen LogP contribution in [0.3, 0.4) is 0 Å². The Bertz CT molecular complexity index is 570. The fourth-order valence-electron chi connectivity index (χ4n) is 2.98. The van der Waals surface area contributed by atoms with E-state index in [1.165, 1.54) is 5.56 Å². The molecule has 0 aliphatic carbocycles. The second kappa shape index (κ2) is 6.32. The Morgan fingerprint density at radius 2 is 2.05 bits per heavy atom. The zero-order valence-corrected chi connectivity index (χ0v) is 12.3. The molecule has 6 nitrogen and oxygen atoms in total. The first-order valence-corrected chi connectivity index (χ1v) is 7.42. The predicted molar refractivity (Wildman–Crippen MR) is 78.4 cm³/mol. The number of aromatic nitrogens is 4. The lowest BCUT2D eigenvalue weighted by Gasteiger charge is -2.24. The number of rotatable bonds is 5. The van der Waals surface area contributed by atoms with Crippen molar-refractivity contribution in [3.05, 3.63) is 41.7 Å². The van der Waals surface area contributed by atoms with Crippen molar-refractivity contribution in [2.24, 2.45) is 5.92 Å². The minimum absolute atomic E-state index is 0.196. The topological polar surface area (TPSA) is 67.1 Å². The summed E-state index contributed by atoms with van der Waals surface area (Å²) in [5.41, 5.74) is 1.18. The molecule has 0 amide bonds. The molecule has 1 saturated heterocycles. The van der Waals surface area contributed by atoms with Crippen molar-refractivity contribution in [2.75, 3.05) is 13.2 Å². The van der Waals surface area contributed by atoms with Gasteiger partial charge in [0.1, 0.15) is 0 Å². The van der Waals surface area contributed by atoms with Gasteiger partial charge in [-0.1, -0.05) is 37.3 Å². The van der Waals surface area contributed by atoms with E-state index in [1.807, 2.05) is 22.9 Å². The first kappa shape index (κ1) is 14.2. The van der Waals surface area contributed by atoms with Gasteiger partial charge in [-0.15, -0.1) is 5.10 Å². The Hall–Kier alpha value is -1.79. The predicted octanol–water partition coefficient (Wildman–Crippen LogP) is 0.924. The Morgan fingerprint density at radius 3 is 2.81 bits per heavy atom. The van der Waals surface area contributed by atoms with Gasteiger partial charge in [-0.2, -0.15) is 0 Å². The SMILES string of the molecule is CC1CCN(Cc2nnnn2Cc2ccccc2)C1CO. The Morgan fingerprint density at radius 1 is 1.24 bits per heavy atom. The van der Waals surface area contributed by atoms with Crippen LogP contribution in [0.2, 0.25) is 0 Å². The molecule has 0 saturated carbocycles. The van der Waals surface area contributed by atoms with Gasteiger partial charge >= 0.3 is 0 Å². The van der Waals surface area contributed by atoms with Crippen molar-refractivity contribution >= 4 is 0 Å². The van der Waals surface area contributed by atoms with Crippen LogP contribution in [0.5, 0.6) is 0 Å². The van der Waals surface area contributed by atoms with Crippen LogP contribution in [-0.2, 0) is 13.1 Å². The highest BCUT2D eigenvalue weighted by Gasteiger charge is 2.31. The molecule has 21 heavy (non-hydrogen) atoms. The van der Waals surface area contributed by atoms with E-state index in [2.05, 4.69) is 39.5 Å². The molecule has 2 unspecified atom stereocenters. The van der Waals surface area contributed by atoms with Crippen molar-refractivity contribution < 1.29 is 5.11 Å². The molecular formula is C15H21N5O. The maximum absolute atomic E-state index is 9.54. The summed E-state index contributed by atoms with van der Waals surface area (Å²) in [6.45, 7) is 4.74. The van der Waals surface area contributed by atoms with Gasteiger partial charge in [0.2, 0.25) is 0 Å². The molecule has 2 aromatic rings. The van der Waals surface area contributed by atoms with E-state index < -0.39 is 0 Å². The molecule has 1 N–H and O–H groups in total. The fourth-order valence-corrected chi connectivity index (χ4v) is 2.98. The third-order valence-electron chi connectivity index (χ3n) is 4.31. The average Bonchev–Trinajstić information content (AvgIpc) is 3.08. The molecule has 1 aliphatic heterocycles. The summed E-state index contributed by atoms with van der Waals surface area (Å²) in [5, 5.41) is 21.6. The van der Waals surface area contributed by atoms with E-state index >= 15 is 0 Å². The molecule has 1 aliphatic rings. The van der Waals surface area contributed by atoms with E-state index in [9.17, 15) is 5.11 Å². The molecule has 6 heteroatoms. The zero-order chi connectivity index (χ0) is 14.7. The largest absolute Gasteiger partial charge is 0.395 e. The maximum atomic E-state index is 9.54. The van der Waals surface area contributed by atoms with Crippen molar-refractivity contribution in [1.82, 2.24) is 25.1 Å². The first-order chi connectivity index (χ1) is 10.3. The van der Waals surface area contributed by atoms with E-state index in [4.69, 9.17) is 0 Å². The smallest absolute Gasteiger partial charge is 0.165 e. The molecule has 1 aromatic carbocycles. The van der Waals surface area contributed by atoms with Gasteiger partial charge in [0.25, 0.3) is 0 Å². The van der Waals surface area contributed by atoms with Crippen molar-refractivity contribution in [3.8, 4) is 0 Å². The van der Waals surface area contributed by atoms with Crippen molar-refractivity contribution in [3.63, 3.8) is 0 Å². The van der Waals surface area contributed by atoms with Crippen LogP contribution in [0.1, 0.15) is 24.7 Å². The van der Waals surface area contributed by atoms with E-state index in [0.717, 1.165) is 18.8 Å². The van der Waals surface area contributed by atoms with Crippen LogP contribution in [0, 0.1) is 5.92 Å². The van der Waals surface area contributed by atoms with Gasteiger partial charge in [-0.25, -0.2) is 4.68 Å². The number of aliphatic hydroxyl groups excluding tert-OH is 1. The minimum Gasteiger partial charge on any atom is -0.395 e. The van der Waals surface area contributed by atoms with Crippen LogP contribution in [0.15, 0.2) is 30.3 Å². The third-order valence-corrected chi connectivity index (χ3v) is 4.31. The standard InChI is InChI=1S/C15H21N5O/c1-12-7-8-19(14(12)11-21)10-15-16-17-18-20(15)9-13-5-3-2-4-6-13/h2-6,12,14,21H,7-11H2,1H3. The molecule has 2 atom stereocenters. The zero-order valence-electron chi connectivity index (χ0n) is 12.3. The highest BCUT2D eigenvalue weighted by Crippen LogP contribution is 2.24. The van der Waals surface area contributed by atoms with Gasteiger partial charge in [0.05, 0.1) is 19.7 Å². The molecule has 3 rings (SSSR count). The van der Waals surface area contributed by atoms with Gasteiger partial charge in [0, 0.05) is 6.04 Å². The monoisotopic (exact) mass is 287 g/mol. The number of likely N-dealkylation sites (tertiary alicyclic amines) is 1. The lowest BCUT2D eigenvalue weighted by molar-refractivity contribution is 0.130. The average molecular weight is 287 g/mol. The van der Waals surface area contributed by atoms with Crippen LogP contribution < -0.4 is 0 Å². The number of aliphatic hydroxyl groups is 1. The Kier molecular flexibility index (Phi) is 4.26. The van der Waals surface area contributed by atoms with E-state index in [0.29, 0.717) is 19.0 Å². The molecule has 1 fully saturated rings. The lowest BCUT2D eigenvalue weighted by atomic mass is 10.0. The van der Waals surface area contributed by atoms with Crippen molar-refractivity contribution in [2.45, 2.75) is 32.5 Å². The summed E-state index contributed by atoms with van der Waals surface area (Å²) >= 11 is 0. The summed E-state index contributed by atoms with van der Waals surface area (Å²) in [6, 6.07) is 10.4. The highest BCUT2D eigenvalue weighted by molar-refractivity contribution is 5.15. The van der Waals surface area contributed by atoms with E-state index in [-0.39, 0.29) is 12.6 Å². The highest BCUT2D eigenvalue weighted by atomic mass is 16.3. The summed E-state index contributed by atoms with van der Waals surface area (Å²) < 4.78 is 1.84. The van der Waals surface area contributed by atoms with Crippen LogP contribution in [0.4, 0.5) is 0 Å². The van der Waals surface area contributed by atoms with Crippen LogP contribution >= 0.6 is 0 Å². The minimum atomic E-state index is 0.196. The quantitative estimate of drug-likeness (QED) is 0.886. The third kappa shape index (κ3) is 3.11. The summed E-state index contributed by atoms with van der Waals surface area (Å²) in [7, 11) is 0. The second-order valence-electron chi connectivity index (χ2n) is 5.72. The number of benzene rings is 1. The number of nitrogens with zero attached hydrogens (tertiary/aromatic N) is 5.